The number of allylic oxidation sites excluding steroid dienone is 2. The molecule has 0 unspecified atom stereocenters. The van der Waals surface area contributed by atoms with Crippen molar-refractivity contribution in [1.82, 2.24) is 14.5 Å². The van der Waals surface area contributed by atoms with Crippen molar-refractivity contribution in [2.24, 2.45) is 10.4 Å². The summed E-state index contributed by atoms with van der Waals surface area (Å²) in [5, 5.41) is 2.59. The van der Waals surface area contributed by atoms with E-state index in [1.165, 1.54) is 25.8 Å². The van der Waals surface area contributed by atoms with Crippen LogP contribution in [0.4, 0.5) is 13.2 Å². The Morgan fingerprint density at radius 3 is 2.42 bits per heavy atom. The van der Waals surface area contributed by atoms with Crippen LogP contribution in [0.5, 0.6) is 0 Å². The van der Waals surface area contributed by atoms with E-state index in [4.69, 9.17) is 0 Å². The molecule has 3 aliphatic rings. The van der Waals surface area contributed by atoms with Crippen LogP contribution in [0.2, 0.25) is 0 Å². The van der Waals surface area contributed by atoms with Crippen molar-refractivity contribution in [3.05, 3.63) is 53.4 Å². The molecule has 0 aromatic heterocycles. The number of carbonyl (C=O) groups is 1. The van der Waals surface area contributed by atoms with Crippen LogP contribution in [0.3, 0.4) is 0 Å². The molecule has 2 heterocycles. The molecule has 0 radical (unpaired) electrons. The van der Waals surface area contributed by atoms with Gasteiger partial charge in [0.1, 0.15) is 23.9 Å². The molecule has 196 valence electrons. The van der Waals surface area contributed by atoms with Gasteiger partial charge in [-0.2, -0.15) is 4.31 Å². The standard InChI is InChI=1S/C25H31F3N4O3S/c1-17(26)22(31-11-9-25(7-8-25)10-12-31)14-20(29-2)15-30-24(33)23-13-19(28)16-32(23)36(34,35)21-5-3-18(27)4-6-21/h3-6,14,19,23H,2,7-13,15-16H2,1H3,(H,30,33)/b20-14-,22-17-/t19-,23+/m1/s1. The number of nitrogens with one attached hydrogen (secondary N) is 1. The number of benzene rings is 1. The van der Waals surface area contributed by atoms with Crippen LogP contribution in [-0.2, 0) is 14.8 Å². The van der Waals surface area contributed by atoms with Gasteiger partial charge < -0.3 is 10.2 Å². The molecule has 11 heteroatoms. The maximum atomic E-state index is 14.4. The first-order valence-corrected chi connectivity index (χ1v) is 13.5. The summed E-state index contributed by atoms with van der Waals surface area (Å²) in [7, 11) is -4.22. The lowest BCUT2D eigenvalue weighted by Crippen LogP contribution is -2.46. The zero-order valence-corrected chi connectivity index (χ0v) is 21.0. The minimum atomic E-state index is -4.22. The highest BCUT2D eigenvalue weighted by atomic mass is 32.2. The lowest BCUT2D eigenvalue weighted by molar-refractivity contribution is -0.124. The van der Waals surface area contributed by atoms with E-state index in [0.29, 0.717) is 16.8 Å². The van der Waals surface area contributed by atoms with Gasteiger partial charge in [0, 0.05) is 26.1 Å². The van der Waals surface area contributed by atoms with Gasteiger partial charge in [-0.1, -0.05) is 0 Å². The summed E-state index contributed by atoms with van der Waals surface area (Å²) in [5.41, 5.74) is 1.11. The van der Waals surface area contributed by atoms with Crippen molar-refractivity contribution in [1.29, 1.82) is 0 Å². The second-order valence-electron chi connectivity index (χ2n) is 9.79. The van der Waals surface area contributed by atoms with Gasteiger partial charge in [-0.3, -0.25) is 9.79 Å². The molecule has 2 atom stereocenters. The van der Waals surface area contributed by atoms with Gasteiger partial charge in [0.25, 0.3) is 0 Å². The number of hydrogen-bond donors (Lipinski definition) is 1. The van der Waals surface area contributed by atoms with E-state index in [1.54, 1.807) is 0 Å². The zero-order valence-electron chi connectivity index (χ0n) is 20.2. The molecule has 2 aliphatic heterocycles. The number of nitrogens with zero attached hydrogens (tertiary/aromatic N) is 3. The number of rotatable bonds is 8. The largest absolute Gasteiger partial charge is 0.369 e. The molecule has 1 saturated carbocycles. The van der Waals surface area contributed by atoms with Crippen molar-refractivity contribution in [3.63, 3.8) is 0 Å². The summed E-state index contributed by atoms with van der Waals surface area (Å²) < 4.78 is 68.7. The molecule has 0 bridgehead atoms. The zero-order chi connectivity index (χ0) is 26.1. The highest BCUT2D eigenvalue weighted by Gasteiger charge is 2.45. The van der Waals surface area contributed by atoms with Crippen molar-refractivity contribution in [2.45, 2.75) is 56.1 Å². The Morgan fingerprint density at radius 1 is 1.22 bits per heavy atom. The van der Waals surface area contributed by atoms with Crippen LogP contribution in [0.1, 0.15) is 39.0 Å². The fourth-order valence-corrected chi connectivity index (χ4v) is 6.54. The Bertz CT molecular complexity index is 1170. The Hall–Kier alpha value is -2.66. The van der Waals surface area contributed by atoms with E-state index in [2.05, 4.69) is 17.0 Å². The number of sulfonamides is 1. The van der Waals surface area contributed by atoms with Gasteiger partial charge in [-0.15, -0.1) is 0 Å². The minimum Gasteiger partial charge on any atom is -0.369 e. The smallest absolute Gasteiger partial charge is 0.243 e. The normalized spacial score (nSPS) is 25.0. The van der Waals surface area contributed by atoms with Gasteiger partial charge in [-0.05, 0) is 75.1 Å². The number of alkyl halides is 1. The minimum absolute atomic E-state index is 0.130. The summed E-state index contributed by atoms with van der Waals surface area (Å²) >= 11 is 0. The van der Waals surface area contributed by atoms with Gasteiger partial charge >= 0.3 is 0 Å². The van der Waals surface area contributed by atoms with Crippen molar-refractivity contribution in [2.75, 3.05) is 26.2 Å². The first-order valence-electron chi connectivity index (χ1n) is 12.0. The monoisotopic (exact) mass is 524 g/mol. The topological polar surface area (TPSA) is 82.1 Å². The number of piperidine rings is 1. The highest BCUT2D eigenvalue weighted by molar-refractivity contribution is 7.89. The maximum absolute atomic E-state index is 14.4. The van der Waals surface area contributed by atoms with E-state index in [9.17, 15) is 26.4 Å². The summed E-state index contributed by atoms with van der Waals surface area (Å²) in [6.45, 7) is 5.74. The van der Waals surface area contributed by atoms with Crippen molar-refractivity contribution in [3.8, 4) is 0 Å². The van der Waals surface area contributed by atoms with Crippen LogP contribution in [0.25, 0.3) is 0 Å². The second-order valence-corrected chi connectivity index (χ2v) is 11.7. The predicted octanol–water partition coefficient (Wildman–Crippen LogP) is 3.70. The molecule has 3 fully saturated rings. The van der Waals surface area contributed by atoms with Crippen molar-refractivity contribution >= 4 is 22.6 Å². The first-order chi connectivity index (χ1) is 17.0. The van der Waals surface area contributed by atoms with Gasteiger partial charge in [0.05, 0.1) is 22.8 Å². The number of likely N-dealkylation sites (tertiary alicyclic amines) is 1. The molecular weight excluding hydrogens is 493 g/mol. The molecule has 7 nitrogen and oxygen atoms in total. The molecule has 36 heavy (non-hydrogen) atoms. The molecule has 1 N–H and O–H groups in total. The quantitative estimate of drug-likeness (QED) is 0.415. The SMILES string of the molecule is C=N/C(=C\C(=C(/C)F)N1CCC2(CC1)CC2)CNC(=O)[C@@H]1C[C@@H](F)CN1S(=O)(=O)c1ccc(F)cc1. The molecule has 1 aromatic carbocycles. The molecule has 1 amide bonds. The van der Waals surface area contributed by atoms with Gasteiger partial charge in [-0.25, -0.2) is 21.6 Å². The van der Waals surface area contributed by atoms with Crippen molar-refractivity contribution < 1.29 is 26.4 Å². The fraction of sp³-hybridized carbons (Fsp3) is 0.520. The van der Waals surface area contributed by atoms with E-state index in [-0.39, 0.29) is 23.7 Å². The first kappa shape index (κ1) is 26.4. The van der Waals surface area contributed by atoms with E-state index < -0.39 is 40.5 Å². The van der Waals surface area contributed by atoms with Gasteiger partial charge in [0.15, 0.2) is 0 Å². The third-order valence-corrected chi connectivity index (χ3v) is 9.24. The number of hydrogen-bond acceptors (Lipinski definition) is 5. The Balaban J connectivity index is 1.44. The number of halogens is 3. The summed E-state index contributed by atoms with van der Waals surface area (Å²) in [5.74, 6) is -1.69. The predicted molar refractivity (Wildman–Crippen MR) is 131 cm³/mol. The lowest BCUT2D eigenvalue weighted by Gasteiger charge is -2.34. The Labute approximate surface area is 209 Å². The van der Waals surface area contributed by atoms with Crippen LogP contribution in [0.15, 0.2) is 57.5 Å². The fourth-order valence-electron chi connectivity index (χ4n) is 4.92. The molecule has 1 aromatic rings. The van der Waals surface area contributed by atoms with E-state index in [1.807, 2.05) is 4.90 Å². The molecule has 1 spiro atoms. The second kappa shape index (κ2) is 10.4. The highest BCUT2D eigenvalue weighted by Crippen LogP contribution is 2.54. The summed E-state index contributed by atoms with van der Waals surface area (Å²) in [6, 6.07) is 2.85. The van der Waals surface area contributed by atoms with Gasteiger partial charge in [0.2, 0.25) is 15.9 Å². The maximum Gasteiger partial charge on any atom is 0.243 e. The Morgan fingerprint density at radius 2 is 1.86 bits per heavy atom. The van der Waals surface area contributed by atoms with Crippen LogP contribution in [0, 0.1) is 11.2 Å². The number of aliphatic imine (C=N–C) groups is 1. The molecular formula is C25H31F3N4O3S. The molecule has 4 rings (SSSR count). The number of amides is 1. The summed E-state index contributed by atoms with van der Waals surface area (Å²) in [4.78, 5) is 18.6. The lowest BCUT2D eigenvalue weighted by atomic mass is 9.93. The third-order valence-electron chi connectivity index (χ3n) is 7.35. The van der Waals surface area contributed by atoms with Crippen LogP contribution >= 0.6 is 0 Å². The Kier molecular flexibility index (Phi) is 7.61. The molecule has 2 saturated heterocycles. The summed E-state index contributed by atoms with van der Waals surface area (Å²) in [6.07, 6.45) is 4.17. The molecule has 1 aliphatic carbocycles. The van der Waals surface area contributed by atoms with E-state index in [0.717, 1.165) is 54.5 Å². The number of carbonyl (C=O) groups excluding carboxylic acids is 1. The van der Waals surface area contributed by atoms with Crippen LogP contribution < -0.4 is 5.32 Å². The third kappa shape index (κ3) is 5.67. The van der Waals surface area contributed by atoms with E-state index >= 15 is 0 Å². The van der Waals surface area contributed by atoms with Crippen LogP contribution in [-0.4, -0.2) is 68.6 Å². The average Bonchev–Trinajstić information content (AvgIpc) is 3.47. The average molecular weight is 525 g/mol.